The quantitative estimate of drug-likeness (QED) is 0.373. The summed E-state index contributed by atoms with van der Waals surface area (Å²) in [7, 11) is 0. The van der Waals surface area contributed by atoms with Crippen LogP contribution in [0.15, 0.2) is 40.9 Å². The molecule has 1 aliphatic heterocycles. The summed E-state index contributed by atoms with van der Waals surface area (Å²) >= 11 is 3.43. The number of fused-ring (bicyclic) bond motifs is 1. The van der Waals surface area contributed by atoms with Crippen LogP contribution in [-0.2, 0) is 42.9 Å². The van der Waals surface area contributed by atoms with E-state index < -0.39 is 54.6 Å². The molecule has 1 saturated heterocycles. The second-order valence-electron chi connectivity index (χ2n) is 7.84. The zero-order chi connectivity index (χ0) is 25.7. The number of carbonyl (C=O) groups excluding carboxylic acids is 4. The van der Waals surface area contributed by atoms with Gasteiger partial charge in [-0.25, -0.2) is 0 Å². The fraction of sp³-hybridized carbons (Fsp3) is 0.417. The van der Waals surface area contributed by atoms with Crippen molar-refractivity contribution in [3.63, 3.8) is 0 Å². The van der Waals surface area contributed by atoms with Gasteiger partial charge in [-0.05, 0) is 35.0 Å². The highest BCUT2D eigenvalue weighted by atomic mass is 79.9. The molecule has 0 radical (unpaired) electrons. The number of carbonyl (C=O) groups is 4. The minimum Gasteiger partial charge on any atom is -0.463 e. The summed E-state index contributed by atoms with van der Waals surface area (Å²) in [5, 5.41) is 1.82. The number of ether oxygens (including phenoxy) is 6. The average molecular weight is 553 g/mol. The zero-order valence-electron chi connectivity index (χ0n) is 19.5. The van der Waals surface area contributed by atoms with E-state index in [1.807, 2.05) is 24.3 Å². The summed E-state index contributed by atoms with van der Waals surface area (Å²) in [6, 6.07) is 11.0. The van der Waals surface area contributed by atoms with Crippen LogP contribution in [0.5, 0.6) is 5.75 Å². The molecular formula is C24H25BrO10. The van der Waals surface area contributed by atoms with Crippen molar-refractivity contribution < 1.29 is 47.6 Å². The van der Waals surface area contributed by atoms with Gasteiger partial charge in [0, 0.05) is 32.2 Å². The summed E-state index contributed by atoms with van der Waals surface area (Å²) < 4.78 is 34.1. The smallest absolute Gasteiger partial charge is 0.303 e. The number of esters is 4. The fourth-order valence-corrected chi connectivity index (χ4v) is 4.06. The van der Waals surface area contributed by atoms with Crippen molar-refractivity contribution in [1.29, 1.82) is 0 Å². The average Bonchev–Trinajstić information content (AvgIpc) is 2.75. The molecule has 0 bridgehead atoms. The Balaban J connectivity index is 1.99. The highest BCUT2D eigenvalue weighted by Gasteiger charge is 2.53. The molecule has 3 rings (SSSR count). The van der Waals surface area contributed by atoms with E-state index in [1.165, 1.54) is 13.8 Å². The van der Waals surface area contributed by atoms with Gasteiger partial charge in [-0.1, -0.05) is 28.1 Å². The second-order valence-corrected chi connectivity index (χ2v) is 8.75. The molecule has 35 heavy (non-hydrogen) atoms. The number of rotatable bonds is 7. The Labute approximate surface area is 209 Å². The minimum absolute atomic E-state index is 0.330. The Kier molecular flexibility index (Phi) is 8.68. The molecule has 10 nitrogen and oxygen atoms in total. The first-order chi connectivity index (χ1) is 16.5. The van der Waals surface area contributed by atoms with Crippen molar-refractivity contribution in [2.75, 3.05) is 6.61 Å². The predicted octanol–water partition coefficient (Wildman–Crippen LogP) is 3.06. The van der Waals surface area contributed by atoms with Crippen molar-refractivity contribution in [2.24, 2.45) is 0 Å². The van der Waals surface area contributed by atoms with E-state index >= 15 is 0 Å². The molecular weight excluding hydrogens is 528 g/mol. The van der Waals surface area contributed by atoms with Gasteiger partial charge in [0.25, 0.3) is 0 Å². The number of hydrogen-bond donors (Lipinski definition) is 0. The van der Waals surface area contributed by atoms with Gasteiger partial charge in [0.05, 0.1) is 0 Å². The van der Waals surface area contributed by atoms with Crippen LogP contribution in [0.25, 0.3) is 10.8 Å². The van der Waals surface area contributed by atoms with Gasteiger partial charge < -0.3 is 28.4 Å². The predicted molar refractivity (Wildman–Crippen MR) is 124 cm³/mol. The molecule has 1 aliphatic rings. The van der Waals surface area contributed by atoms with Crippen molar-refractivity contribution in [1.82, 2.24) is 0 Å². The van der Waals surface area contributed by atoms with Crippen molar-refractivity contribution >= 4 is 50.6 Å². The highest BCUT2D eigenvalue weighted by molar-refractivity contribution is 9.10. The van der Waals surface area contributed by atoms with Crippen molar-refractivity contribution in [3.8, 4) is 5.75 Å². The first-order valence-electron chi connectivity index (χ1n) is 10.7. The topological polar surface area (TPSA) is 124 Å². The van der Waals surface area contributed by atoms with Gasteiger partial charge in [0.2, 0.25) is 12.4 Å². The van der Waals surface area contributed by atoms with Crippen molar-refractivity contribution in [3.05, 3.63) is 40.9 Å². The maximum Gasteiger partial charge on any atom is 0.303 e. The lowest BCUT2D eigenvalue weighted by molar-refractivity contribution is -0.288. The third-order valence-corrected chi connectivity index (χ3v) is 5.47. The Morgan fingerprint density at radius 1 is 0.771 bits per heavy atom. The maximum absolute atomic E-state index is 11.9. The molecule has 1 heterocycles. The third kappa shape index (κ3) is 7.15. The molecule has 5 atom stereocenters. The fourth-order valence-electron chi connectivity index (χ4n) is 3.69. The molecule has 0 aromatic heterocycles. The first-order valence-corrected chi connectivity index (χ1v) is 11.5. The molecule has 0 spiro atoms. The molecule has 11 heteroatoms. The van der Waals surface area contributed by atoms with E-state index in [-0.39, 0.29) is 6.61 Å². The maximum atomic E-state index is 11.9. The van der Waals surface area contributed by atoms with E-state index in [0.29, 0.717) is 5.75 Å². The van der Waals surface area contributed by atoms with Gasteiger partial charge in [-0.2, -0.15) is 0 Å². The molecule has 0 unspecified atom stereocenters. The molecule has 2 aromatic rings. The van der Waals surface area contributed by atoms with Gasteiger partial charge in [-0.3, -0.25) is 19.2 Å². The normalized spacial score (nSPS) is 23.7. The second kappa shape index (κ2) is 11.5. The lowest BCUT2D eigenvalue weighted by Crippen LogP contribution is -2.63. The number of benzene rings is 2. The molecule has 0 aliphatic carbocycles. The molecule has 188 valence electrons. The van der Waals surface area contributed by atoms with E-state index in [0.717, 1.165) is 29.1 Å². The van der Waals surface area contributed by atoms with Gasteiger partial charge in [0.1, 0.15) is 18.5 Å². The van der Waals surface area contributed by atoms with Crippen LogP contribution in [0.4, 0.5) is 0 Å². The molecule has 1 fully saturated rings. The number of hydrogen-bond acceptors (Lipinski definition) is 10. The third-order valence-electron chi connectivity index (χ3n) is 4.97. The molecule has 0 amide bonds. The summed E-state index contributed by atoms with van der Waals surface area (Å²) in [5.41, 5.74) is 0. The monoisotopic (exact) mass is 552 g/mol. The largest absolute Gasteiger partial charge is 0.463 e. The van der Waals surface area contributed by atoms with Gasteiger partial charge in [0.15, 0.2) is 12.2 Å². The molecule has 2 aromatic carbocycles. The van der Waals surface area contributed by atoms with Crippen LogP contribution in [0.2, 0.25) is 0 Å². The molecule has 0 N–H and O–H groups in total. The minimum atomic E-state index is -1.30. The van der Waals surface area contributed by atoms with Gasteiger partial charge >= 0.3 is 23.9 Å². The summed E-state index contributed by atoms with van der Waals surface area (Å²) in [5.74, 6) is -2.34. The van der Waals surface area contributed by atoms with Crippen LogP contribution in [0.1, 0.15) is 27.7 Å². The summed E-state index contributed by atoms with van der Waals surface area (Å²) in [6.07, 6.45) is -6.20. The zero-order valence-corrected chi connectivity index (χ0v) is 21.1. The molecule has 0 saturated carbocycles. The highest BCUT2D eigenvalue weighted by Crippen LogP contribution is 2.32. The van der Waals surface area contributed by atoms with E-state index in [4.69, 9.17) is 28.4 Å². The van der Waals surface area contributed by atoms with Crippen LogP contribution >= 0.6 is 15.9 Å². The summed E-state index contributed by atoms with van der Waals surface area (Å²) in [6.45, 7) is 4.36. The Bertz CT molecular complexity index is 1120. The standard InChI is InChI=1S/C24H25BrO10/c1-12(26)30-11-20-21(31-13(2)27)22(32-14(3)28)23(33-15(4)29)24(35-20)34-19-8-6-16-9-18(25)7-5-17(16)10-19/h5-10,20-24H,11H2,1-4H3/t20-,21-,22+,23+,24+/m1/s1. The summed E-state index contributed by atoms with van der Waals surface area (Å²) in [4.78, 5) is 47.1. The SMILES string of the molecule is CC(=O)OC[C@H]1O[C@H](Oc2ccc3cc(Br)ccc3c2)[C@@H](OC(C)=O)[C@@H](OC(C)=O)[C@@H]1OC(C)=O. The van der Waals surface area contributed by atoms with Crippen LogP contribution in [0.3, 0.4) is 0 Å². The Hall–Kier alpha value is -3.18. The van der Waals surface area contributed by atoms with Gasteiger partial charge in [-0.15, -0.1) is 0 Å². The van der Waals surface area contributed by atoms with E-state index in [1.54, 1.807) is 12.1 Å². The van der Waals surface area contributed by atoms with E-state index in [2.05, 4.69) is 15.9 Å². The van der Waals surface area contributed by atoms with Crippen LogP contribution in [0, 0.1) is 0 Å². The number of halogens is 1. The Morgan fingerprint density at radius 2 is 1.34 bits per heavy atom. The van der Waals surface area contributed by atoms with E-state index in [9.17, 15) is 19.2 Å². The lowest BCUT2D eigenvalue weighted by Gasteiger charge is -2.43. The first kappa shape index (κ1) is 26.4. The lowest BCUT2D eigenvalue weighted by atomic mass is 9.98. The van der Waals surface area contributed by atoms with Crippen LogP contribution in [-0.4, -0.2) is 61.2 Å². The van der Waals surface area contributed by atoms with Crippen molar-refractivity contribution in [2.45, 2.75) is 58.4 Å². The van der Waals surface area contributed by atoms with Crippen LogP contribution < -0.4 is 4.74 Å². The Morgan fingerprint density at radius 3 is 1.97 bits per heavy atom.